The van der Waals surface area contributed by atoms with Gasteiger partial charge in [-0.1, -0.05) is 115 Å². The monoisotopic (exact) mass is 870 g/mol. The molecule has 0 fully saturated rings. The average Bonchev–Trinajstić information content (AvgIpc) is 3.38. The van der Waals surface area contributed by atoms with Crippen molar-refractivity contribution in [3.8, 4) is 33.4 Å². The van der Waals surface area contributed by atoms with Crippen LogP contribution >= 0.6 is 0 Å². The summed E-state index contributed by atoms with van der Waals surface area (Å²) in [6.45, 7) is 6.68. The van der Waals surface area contributed by atoms with Crippen LogP contribution in [0, 0.1) is 0 Å². The number of aromatic nitrogens is 2. The first-order chi connectivity index (χ1) is 22.7. The molecule has 5 heteroatoms. The van der Waals surface area contributed by atoms with Crippen molar-refractivity contribution in [3.05, 3.63) is 96.6 Å². The molecule has 0 saturated carbocycles. The van der Waals surface area contributed by atoms with E-state index < -0.39 is 0 Å². The number of carbonyl (C=O) groups is 1. The van der Waals surface area contributed by atoms with Crippen LogP contribution in [0.4, 0.5) is 0 Å². The molecule has 0 atom stereocenters. The molecule has 48 heavy (non-hydrogen) atoms. The lowest BCUT2D eigenvalue weighted by atomic mass is 9.98. The summed E-state index contributed by atoms with van der Waals surface area (Å²) in [6.07, 6.45) is 30.2. The second-order valence-corrected chi connectivity index (χ2v) is 13.4. The number of carbonyl (C=O) groups excluding carboxylic acids is 1. The molecule has 258 valence electrons. The van der Waals surface area contributed by atoms with Gasteiger partial charge in [0.05, 0.1) is 0 Å². The lowest BCUT2D eigenvalue weighted by Crippen LogP contribution is -3.00. The van der Waals surface area contributed by atoms with E-state index in [0.29, 0.717) is 0 Å². The fraction of sp³-hybridized carbons (Fsp3) is 0.465. The van der Waals surface area contributed by atoms with Crippen LogP contribution in [0.15, 0.2) is 85.5 Å². The highest BCUT2D eigenvalue weighted by atomic mass is 127. The van der Waals surface area contributed by atoms with E-state index in [-0.39, 0.29) is 53.7 Å². The van der Waals surface area contributed by atoms with Gasteiger partial charge < -0.3 is 48.0 Å². The first-order valence-corrected chi connectivity index (χ1v) is 18.5. The number of hydrogen-bond donors (Lipinski definition) is 0. The summed E-state index contributed by atoms with van der Waals surface area (Å²) in [5.74, 6) is 0.134. The van der Waals surface area contributed by atoms with E-state index >= 15 is 0 Å². The van der Waals surface area contributed by atoms with Gasteiger partial charge in [0.1, 0.15) is 13.1 Å². The van der Waals surface area contributed by atoms with Gasteiger partial charge in [0.25, 0.3) is 0 Å². The Labute approximate surface area is 325 Å². The molecule has 1 aliphatic carbocycles. The Hall–Kier alpha value is -2.13. The number of rotatable bonds is 20. The van der Waals surface area contributed by atoms with E-state index in [4.69, 9.17) is 0 Å². The van der Waals surface area contributed by atoms with Gasteiger partial charge in [0, 0.05) is 48.2 Å². The van der Waals surface area contributed by atoms with Crippen molar-refractivity contribution in [2.45, 2.75) is 130 Å². The molecule has 0 radical (unpaired) electrons. The number of unbranched alkanes of at least 4 members (excludes halogenated alkanes) is 14. The SMILES string of the molecule is CCCCCCCCCC[n+]1ccc(-c2ccc3c(c2)C(=O)c2cc(-c4cc[n+](CCCCCCCCCC)cc4)ccc2-3)cc1.[I-].[I-]. The molecule has 0 saturated heterocycles. The van der Waals surface area contributed by atoms with Crippen molar-refractivity contribution in [1.82, 2.24) is 0 Å². The minimum atomic E-state index is 0. The third-order valence-electron chi connectivity index (χ3n) is 9.81. The lowest BCUT2D eigenvalue weighted by Gasteiger charge is -2.06. The molecule has 3 nitrogen and oxygen atoms in total. The van der Waals surface area contributed by atoms with Gasteiger partial charge in [-0.3, -0.25) is 4.79 Å². The third-order valence-corrected chi connectivity index (χ3v) is 9.81. The van der Waals surface area contributed by atoms with Crippen LogP contribution in [-0.2, 0) is 13.1 Å². The van der Waals surface area contributed by atoms with Crippen molar-refractivity contribution in [2.75, 3.05) is 0 Å². The van der Waals surface area contributed by atoms with Gasteiger partial charge >= 0.3 is 0 Å². The first kappa shape index (κ1) is 40.3. The largest absolute Gasteiger partial charge is 1.00 e. The van der Waals surface area contributed by atoms with Gasteiger partial charge in [-0.25, -0.2) is 9.13 Å². The van der Waals surface area contributed by atoms with Crippen molar-refractivity contribution >= 4 is 5.78 Å². The number of pyridine rings is 2. The zero-order valence-corrected chi connectivity index (χ0v) is 33.7. The average molecular weight is 871 g/mol. The summed E-state index contributed by atoms with van der Waals surface area (Å²) in [7, 11) is 0. The maximum atomic E-state index is 13.6. The summed E-state index contributed by atoms with van der Waals surface area (Å²) in [5, 5.41) is 0. The molecular weight excluding hydrogens is 814 g/mol. The van der Waals surface area contributed by atoms with Crippen LogP contribution in [0.2, 0.25) is 0 Å². The van der Waals surface area contributed by atoms with Crippen molar-refractivity contribution in [2.24, 2.45) is 0 Å². The maximum Gasteiger partial charge on any atom is 0.194 e. The van der Waals surface area contributed by atoms with Gasteiger partial charge in [0.2, 0.25) is 0 Å². The van der Waals surface area contributed by atoms with Crippen molar-refractivity contribution in [1.29, 1.82) is 0 Å². The third kappa shape index (κ3) is 11.5. The Morgan fingerprint density at radius 3 is 1.08 bits per heavy atom. The van der Waals surface area contributed by atoms with E-state index in [9.17, 15) is 4.79 Å². The van der Waals surface area contributed by atoms with Crippen LogP contribution in [0.25, 0.3) is 33.4 Å². The van der Waals surface area contributed by atoms with Crippen LogP contribution in [-0.4, -0.2) is 5.78 Å². The van der Waals surface area contributed by atoms with Crippen LogP contribution in [0.3, 0.4) is 0 Å². The van der Waals surface area contributed by atoms with E-state index in [1.54, 1.807) is 0 Å². The first-order valence-electron chi connectivity index (χ1n) is 18.5. The summed E-state index contributed by atoms with van der Waals surface area (Å²) in [4.78, 5) is 13.6. The Morgan fingerprint density at radius 1 is 0.396 bits per heavy atom. The number of hydrogen-bond acceptors (Lipinski definition) is 1. The van der Waals surface area contributed by atoms with Crippen LogP contribution < -0.4 is 57.1 Å². The van der Waals surface area contributed by atoms with Gasteiger partial charge in [-0.15, -0.1) is 0 Å². The minimum Gasteiger partial charge on any atom is -1.00 e. The highest BCUT2D eigenvalue weighted by molar-refractivity contribution is 6.22. The quantitative estimate of drug-likeness (QED) is 0.0609. The Balaban J connectivity index is 0.00000312. The molecule has 2 aromatic heterocycles. The van der Waals surface area contributed by atoms with E-state index in [0.717, 1.165) is 57.6 Å². The van der Waals surface area contributed by atoms with E-state index in [1.807, 2.05) is 0 Å². The fourth-order valence-corrected chi connectivity index (χ4v) is 6.89. The molecule has 0 N–H and O–H groups in total. The van der Waals surface area contributed by atoms with Gasteiger partial charge in [-0.2, -0.15) is 0 Å². The normalized spacial score (nSPS) is 11.5. The highest BCUT2D eigenvalue weighted by Crippen LogP contribution is 2.40. The maximum absolute atomic E-state index is 13.6. The van der Waals surface area contributed by atoms with Crippen molar-refractivity contribution < 1.29 is 61.9 Å². The predicted octanol–water partition coefficient (Wildman–Crippen LogP) is 5.10. The molecule has 2 heterocycles. The molecule has 2 aromatic carbocycles. The molecule has 1 aliphatic rings. The van der Waals surface area contributed by atoms with Gasteiger partial charge in [0.15, 0.2) is 30.6 Å². The molecule has 4 aromatic rings. The molecule has 0 bridgehead atoms. The summed E-state index contributed by atoms with van der Waals surface area (Å²) >= 11 is 0. The predicted molar refractivity (Wildman–Crippen MR) is 192 cm³/mol. The number of aryl methyl sites for hydroxylation is 2. The van der Waals surface area contributed by atoms with E-state index in [1.165, 1.54) is 103 Å². The Kier molecular flexibility index (Phi) is 18.3. The zero-order valence-electron chi connectivity index (χ0n) is 29.4. The number of ketones is 1. The standard InChI is InChI=1S/C43H56N2O.2HI/c1-3-5-7-9-11-13-15-17-27-44-29-23-35(24-30-44)37-19-21-39-40-22-20-38(34-42(40)43(46)41(39)33-37)36-25-31-45(32-26-36)28-18-16-14-12-10-8-6-4-2;;/h19-26,29-34H,3-18,27-28H2,1-2H3;2*1H/q+2;;/p-2. The van der Waals surface area contributed by atoms with Crippen LogP contribution in [0.1, 0.15) is 133 Å². The fourth-order valence-electron chi connectivity index (χ4n) is 6.89. The number of halogens is 2. The lowest BCUT2D eigenvalue weighted by molar-refractivity contribution is -0.697. The van der Waals surface area contributed by atoms with Gasteiger partial charge in [-0.05, 0) is 58.4 Å². The smallest absolute Gasteiger partial charge is 0.194 e. The molecule has 0 spiro atoms. The Morgan fingerprint density at radius 2 is 0.729 bits per heavy atom. The summed E-state index contributed by atoms with van der Waals surface area (Å²) < 4.78 is 4.58. The zero-order chi connectivity index (χ0) is 32.0. The summed E-state index contributed by atoms with van der Waals surface area (Å²) in [5.41, 5.74) is 8.24. The number of nitrogens with zero attached hydrogens (tertiary/aromatic N) is 2. The second-order valence-electron chi connectivity index (χ2n) is 13.4. The minimum absolute atomic E-state index is 0. The second kappa shape index (κ2) is 21.8. The summed E-state index contributed by atoms with van der Waals surface area (Å²) in [6, 6.07) is 21.5. The molecule has 0 unspecified atom stereocenters. The van der Waals surface area contributed by atoms with Crippen LogP contribution in [0.5, 0.6) is 0 Å². The Bertz CT molecular complexity index is 1420. The number of benzene rings is 2. The molecule has 5 rings (SSSR count). The van der Waals surface area contributed by atoms with E-state index in [2.05, 4.69) is 108 Å². The number of fused-ring (bicyclic) bond motifs is 3. The molecule has 0 aliphatic heterocycles. The van der Waals surface area contributed by atoms with Crippen molar-refractivity contribution in [3.63, 3.8) is 0 Å². The molecular formula is C43H56I2N2O. The highest BCUT2D eigenvalue weighted by Gasteiger charge is 2.27. The topological polar surface area (TPSA) is 24.8 Å². The molecule has 0 amide bonds.